The maximum atomic E-state index is 5.65. The molecule has 0 amide bonds. The van der Waals surface area contributed by atoms with E-state index in [1.807, 2.05) is 0 Å². The van der Waals surface area contributed by atoms with Gasteiger partial charge in [0, 0.05) is 19.8 Å². The van der Waals surface area contributed by atoms with Crippen LogP contribution in [0.2, 0.25) is 0 Å². The summed E-state index contributed by atoms with van der Waals surface area (Å²) in [4.78, 5) is 0. The van der Waals surface area contributed by atoms with Crippen LogP contribution in [-0.2, 0) is 14.2 Å². The molecule has 1 aliphatic carbocycles. The summed E-state index contributed by atoms with van der Waals surface area (Å²) in [6.07, 6.45) is 5.07. The normalized spacial score (nSPS) is 18.5. The first-order valence-corrected chi connectivity index (χ1v) is 7.63. The third-order valence-corrected chi connectivity index (χ3v) is 4.06. The van der Waals surface area contributed by atoms with Gasteiger partial charge in [-0.15, -0.1) is 0 Å². The quantitative estimate of drug-likeness (QED) is 0.522. The van der Waals surface area contributed by atoms with Crippen molar-refractivity contribution < 1.29 is 14.2 Å². The number of methoxy groups -OCH3 is 1. The molecule has 0 aliphatic heterocycles. The average Bonchev–Trinajstić information content (AvgIpc) is 3.20. The van der Waals surface area contributed by atoms with E-state index >= 15 is 0 Å². The topological polar surface area (TPSA) is 39.7 Å². The lowest BCUT2D eigenvalue weighted by atomic mass is 9.94. The van der Waals surface area contributed by atoms with Crippen molar-refractivity contribution in [1.82, 2.24) is 5.32 Å². The zero-order valence-electron chi connectivity index (χ0n) is 12.9. The van der Waals surface area contributed by atoms with Crippen LogP contribution < -0.4 is 5.32 Å². The smallest absolute Gasteiger partial charge is 0.0701 e. The molecule has 114 valence electrons. The predicted molar refractivity (Wildman–Crippen MR) is 77.6 cm³/mol. The van der Waals surface area contributed by atoms with Crippen molar-refractivity contribution in [3.63, 3.8) is 0 Å². The van der Waals surface area contributed by atoms with Crippen molar-refractivity contribution in [3.05, 3.63) is 0 Å². The van der Waals surface area contributed by atoms with Gasteiger partial charge in [-0.2, -0.15) is 0 Å². The molecule has 0 aromatic heterocycles. The van der Waals surface area contributed by atoms with Crippen molar-refractivity contribution in [2.24, 2.45) is 5.41 Å². The Morgan fingerprint density at radius 3 is 2.26 bits per heavy atom. The van der Waals surface area contributed by atoms with Crippen LogP contribution in [0, 0.1) is 5.41 Å². The van der Waals surface area contributed by atoms with E-state index in [4.69, 9.17) is 14.2 Å². The molecule has 1 N–H and O–H groups in total. The molecule has 1 fully saturated rings. The molecule has 4 heteroatoms. The molecule has 0 radical (unpaired) electrons. The van der Waals surface area contributed by atoms with Gasteiger partial charge in [-0.25, -0.2) is 0 Å². The second kappa shape index (κ2) is 9.70. The van der Waals surface area contributed by atoms with Gasteiger partial charge in [0.15, 0.2) is 0 Å². The Morgan fingerprint density at radius 2 is 1.68 bits per heavy atom. The Labute approximate surface area is 118 Å². The van der Waals surface area contributed by atoms with Gasteiger partial charge in [-0.05, 0) is 44.6 Å². The van der Waals surface area contributed by atoms with Crippen molar-refractivity contribution >= 4 is 0 Å². The van der Waals surface area contributed by atoms with Crippen LogP contribution in [0.4, 0.5) is 0 Å². The van der Waals surface area contributed by atoms with E-state index in [9.17, 15) is 0 Å². The molecule has 1 rings (SSSR count). The molecule has 1 atom stereocenters. The molecular weight excluding hydrogens is 242 g/mol. The van der Waals surface area contributed by atoms with Crippen LogP contribution in [0.5, 0.6) is 0 Å². The van der Waals surface area contributed by atoms with Gasteiger partial charge in [-0.3, -0.25) is 0 Å². The Balaban J connectivity index is 1.96. The summed E-state index contributed by atoms with van der Waals surface area (Å²) in [5.74, 6) is 0. The molecule has 0 heterocycles. The van der Waals surface area contributed by atoms with Crippen LogP contribution >= 0.6 is 0 Å². The van der Waals surface area contributed by atoms with Crippen molar-refractivity contribution in [2.75, 3.05) is 46.7 Å². The molecule has 1 aliphatic rings. The lowest BCUT2D eigenvalue weighted by Gasteiger charge is -2.24. The van der Waals surface area contributed by atoms with Crippen LogP contribution in [0.25, 0.3) is 0 Å². The standard InChI is InChI=1S/C15H31NO3/c1-4-8-16-14(2)15(5-6-15)7-9-18-12-13-19-11-10-17-3/h14,16H,4-13H2,1-3H3. The third-order valence-electron chi connectivity index (χ3n) is 4.06. The molecule has 0 bridgehead atoms. The van der Waals surface area contributed by atoms with Gasteiger partial charge in [-0.1, -0.05) is 6.92 Å². The number of rotatable bonds is 13. The largest absolute Gasteiger partial charge is 0.382 e. The molecule has 4 nitrogen and oxygen atoms in total. The molecule has 0 spiro atoms. The minimum Gasteiger partial charge on any atom is -0.382 e. The first-order chi connectivity index (χ1) is 9.25. The van der Waals surface area contributed by atoms with Gasteiger partial charge in [0.05, 0.1) is 26.4 Å². The maximum absolute atomic E-state index is 5.65. The zero-order chi connectivity index (χ0) is 14.0. The lowest BCUT2D eigenvalue weighted by molar-refractivity contribution is 0.0200. The fourth-order valence-electron chi connectivity index (χ4n) is 2.38. The monoisotopic (exact) mass is 273 g/mol. The Hall–Kier alpha value is -0.160. The van der Waals surface area contributed by atoms with Gasteiger partial charge in [0.25, 0.3) is 0 Å². The van der Waals surface area contributed by atoms with E-state index < -0.39 is 0 Å². The van der Waals surface area contributed by atoms with E-state index in [0.717, 1.165) is 13.2 Å². The molecule has 19 heavy (non-hydrogen) atoms. The van der Waals surface area contributed by atoms with Gasteiger partial charge in [0.2, 0.25) is 0 Å². The highest BCUT2D eigenvalue weighted by Crippen LogP contribution is 2.51. The Bertz CT molecular complexity index is 219. The zero-order valence-corrected chi connectivity index (χ0v) is 12.9. The molecule has 0 saturated heterocycles. The molecule has 1 unspecified atom stereocenters. The average molecular weight is 273 g/mol. The maximum Gasteiger partial charge on any atom is 0.0701 e. The van der Waals surface area contributed by atoms with E-state index in [1.54, 1.807) is 7.11 Å². The first-order valence-electron chi connectivity index (χ1n) is 7.63. The third kappa shape index (κ3) is 6.70. The minimum absolute atomic E-state index is 0.506. The number of ether oxygens (including phenoxy) is 3. The van der Waals surface area contributed by atoms with Crippen LogP contribution in [-0.4, -0.2) is 52.7 Å². The summed E-state index contributed by atoms with van der Waals surface area (Å²) in [6.45, 7) is 9.17. The second-order valence-electron chi connectivity index (χ2n) is 5.51. The first kappa shape index (κ1) is 16.9. The fourth-order valence-corrected chi connectivity index (χ4v) is 2.38. The van der Waals surface area contributed by atoms with Crippen molar-refractivity contribution in [2.45, 2.75) is 45.6 Å². The summed E-state index contributed by atoms with van der Waals surface area (Å²) >= 11 is 0. The summed E-state index contributed by atoms with van der Waals surface area (Å²) in [5, 5.41) is 3.62. The molecule has 0 aromatic rings. The van der Waals surface area contributed by atoms with E-state index in [-0.39, 0.29) is 0 Å². The SMILES string of the molecule is CCCNC(C)C1(CCOCCOCCOC)CC1. The summed E-state index contributed by atoms with van der Waals surface area (Å²) in [6, 6.07) is 0.619. The van der Waals surface area contributed by atoms with Crippen LogP contribution in [0.3, 0.4) is 0 Å². The molecular formula is C15H31NO3. The van der Waals surface area contributed by atoms with Gasteiger partial charge >= 0.3 is 0 Å². The lowest BCUT2D eigenvalue weighted by Crippen LogP contribution is -2.36. The Morgan fingerprint density at radius 1 is 1.05 bits per heavy atom. The molecule has 1 saturated carbocycles. The van der Waals surface area contributed by atoms with E-state index in [2.05, 4.69) is 19.2 Å². The van der Waals surface area contributed by atoms with Crippen LogP contribution in [0.1, 0.15) is 39.5 Å². The number of hydrogen-bond acceptors (Lipinski definition) is 4. The highest BCUT2D eigenvalue weighted by Gasteiger charge is 2.46. The van der Waals surface area contributed by atoms with Crippen LogP contribution in [0.15, 0.2) is 0 Å². The highest BCUT2D eigenvalue weighted by atomic mass is 16.5. The number of hydrogen-bond donors (Lipinski definition) is 1. The van der Waals surface area contributed by atoms with Crippen molar-refractivity contribution in [1.29, 1.82) is 0 Å². The van der Waals surface area contributed by atoms with E-state index in [0.29, 0.717) is 37.9 Å². The summed E-state index contributed by atoms with van der Waals surface area (Å²) < 4.78 is 15.9. The van der Waals surface area contributed by atoms with Gasteiger partial charge < -0.3 is 19.5 Å². The van der Waals surface area contributed by atoms with Crippen molar-refractivity contribution in [3.8, 4) is 0 Å². The van der Waals surface area contributed by atoms with Gasteiger partial charge in [0.1, 0.15) is 0 Å². The Kier molecular flexibility index (Phi) is 8.62. The summed E-state index contributed by atoms with van der Waals surface area (Å²) in [5.41, 5.74) is 0.506. The second-order valence-corrected chi connectivity index (χ2v) is 5.51. The highest BCUT2D eigenvalue weighted by molar-refractivity contribution is 5.00. The minimum atomic E-state index is 0.506. The summed E-state index contributed by atoms with van der Waals surface area (Å²) in [7, 11) is 1.68. The number of nitrogens with one attached hydrogen (secondary N) is 1. The molecule has 0 aromatic carbocycles. The van der Waals surface area contributed by atoms with E-state index in [1.165, 1.54) is 25.7 Å². The predicted octanol–water partition coefficient (Wildman–Crippen LogP) is 2.22. The fraction of sp³-hybridized carbons (Fsp3) is 1.00.